The van der Waals surface area contributed by atoms with E-state index in [1.165, 1.54) is 0 Å². The molecular weight excluding hydrogens is 196 g/mol. The Labute approximate surface area is 90.6 Å². The van der Waals surface area contributed by atoms with Crippen LogP contribution in [0.25, 0.3) is 0 Å². The summed E-state index contributed by atoms with van der Waals surface area (Å²) in [5.74, 6) is -1.25. The van der Waals surface area contributed by atoms with Crippen LogP contribution in [0.15, 0.2) is 11.8 Å². The van der Waals surface area contributed by atoms with E-state index < -0.39 is 23.6 Å². The number of hydrogen-bond donors (Lipinski definition) is 2. The molecule has 0 heterocycles. The summed E-state index contributed by atoms with van der Waals surface area (Å²) in [5.41, 5.74) is -0.581. The molecule has 2 atom stereocenters. The van der Waals surface area contributed by atoms with Crippen LogP contribution in [0.4, 0.5) is 0 Å². The van der Waals surface area contributed by atoms with Gasteiger partial charge in [0.25, 0.3) is 0 Å². The first-order valence-corrected chi connectivity index (χ1v) is 4.95. The van der Waals surface area contributed by atoms with Crippen LogP contribution in [0, 0.1) is 5.92 Å². The lowest BCUT2D eigenvalue weighted by atomic mass is 10.0. The summed E-state index contributed by atoms with van der Waals surface area (Å²) in [6, 6.07) is 0. The lowest BCUT2D eigenvalue weighted by Gasteiger charge is -2.19. The van der Waals surface area contributed by atoms with E-state index in [0.29, 0.717) is 0 Å². The molecule has 2 N–H and O–H groups in total. The van der Waals surface area contributed by atoms with Crippen LogP contribution in [0.2, 0.25) is 0 Å². The van der Waals surface area contributed by atoms with Gasteiger partial charge in [0.2, 0.25) is 0 Å². The second-order valence-electron chi connectivity index (χ2n) is 4.63. The van der Waals surface area contributed by atoms with Crippen molar-refractivity contribution in [2.75, 3.05) is 0 Å². The molecule has 0 amide bonds. The summed E-state index contributed by atoms with van der Waals surface area (Å²) in [4.78, 5) is 11.3. The van der Waals surface area contributed by atoms with Crippen molar-refractivity contribution in [3.05, 3.63) is 11.8 Å². The first-order valence-electron chi connectivity index (χ1n) is 4.95. The molecule has 0 fully saturated rings. The summed E-state index contributed by atoms with van der Waals surface area (Å²) in [6.45, 7) is 8.40. The molecule has 0 bridgehead atoms. The number of hydrogen-bond acceptors (Lipinski definition) is 4. The van der Waals surface area contributed by atoms with Gasteiger partial charge in [0.05, 0.1) is 12.2 Å². The molecule has 0 spiro atoms. The molecule has 0 aliphatic heterocycles. The third-order valence-corrected chi connectivity index (χ3v) is 1.86. The predicted octanol–water partition coefficient (Wildman–Crippen LogP) is 1.79. The van der Waals surface area contributed by atoms with Gasteiger partial charge in [-0.05, 0) is 27.7 Å². The minimum absolute atomic E-state index is 0.167. The van der Waals surface area contributed by atoms with Crippen LogP contribution < -0.4 is 0 Å². The molecule has 0 saturated heterocycles. The van der Waals surface area contributed by atoms with Crippen LogP contribution in [0.3, 0.4) is 0 Å². The second kappa shape index (κ2) is 5.16. The summed E-state index contributed by atoms with van der Waals surface area (Å²) in [6.07, 6.45) is 0.298. The third-order valence-electron chi connectivity index (χ3n) is 1.86. The van der Waals surface area contributed by atoms with Crippen molar-refractivity contribution < 1.29 is 19.7 Å². The van der Waals surface area contributed by atoms with Gasteiger partial charge in [0.15, 0.2) is 0 Å². The molecule has 0 aromatic rings. The maximum absolute atomic E-state index is 11.3. The number of esters is 1. The Bertz CT molecular complexity index is 248. The van der Waals surface area contributed by atoms with Crippen molar-refractivity contribution in [3.8, 4) is 0 Å². The van der Waals surface area contributed by atoms with E-state index in [2.05, 4.69) is 0 Å². The first-order chi connectivity index (χ1) is 6.63. The minimum Gasteiger partial charge on any atom is -0.512 e. The fraction of sp³-hybridized carbons (Fsp3) is 0.727. The zero-order valence-electron chi connectivity index (χ0n) is 9.94. The van der Waals surface area contributed by atoms with Gasteiger partial charge in [-0.3, -0.25) is 0 Å². The van der Waals surface area contributed by atoms with Crippen LogP contribution in [-0.4, -0.2) is 27.9 Å². The highest BCUT2D eigenvalue weighted by Gasteiger charge is 2.18. The molecule has 0 aromatic heterocycles. The molecule has 0 rings (SSSR count). The average molecular weight is 216 g/mol. The topological polar surface area (TPSA) is 66.8 Å². The number of carbonyl (C=O) groups is 1. The summed E-state index contributed by atoms with van der Waals surface area (Å²) < 4.78 is 4.98. The average Bonchev–Trinajstić information content (AvgIpc) is 1.98. The maximum Gasteiger partial charge on any atom is 0.334 e. The molecule has 0 radical (unpaired) electrons. The Kier molecular flexibility index (Phi) is 4.81. The number of aliphatic hydroxyl groups is 2. The lowest BCUT2D eigenvalue weighted by molar-refractivity contribution is -0.148. The Morgan fingerprint density at radius 1 is 1.33 bits per heavy atom. The Morgan fingerprint density at radius 3 is 2.13 bits per heavy atom. The standard InChI is InChI=1S/C11H20O4/c1-7(8(2)12)9(13)6-10(14)15-11(3,4)5/h6-8,12-13H,1-5H3/b9-6-/t7-,8+/m0/s1. The van der Waals surface area contributed by atoms with E-state index in [0.717, 1.165) is 6.08 Å². The number of rotatable bonds is 3. The van der Waals surface area contributed by atoms with Gasteiger partial charge in [-0.25, -0.2) is 4.79 Å². The Hall–Kier alpha value is -1.03. The van der Waals surface area contributed by atoms with Crippen LogP contribution >= 0.6 is 0 Å². The lowest BCUT2D eigenvalue weighted by Crippen LogP contribution is -2.24. The molecule has 4 nitrogen and oxygen atoms in total. The van der Waals surface area contributed by atoms with E-state index in [1.807, 2.05) is 0 Å². The zero-order valence-corrected chi connectivity index (χ0v) is 9.94. The van der Waals surface area contributed by atoms with Crippen molar-refractivity contribution in [2.24, 2.45) is 5.92 Å². The van der Waals surface area contributed by atoms with E-state index in [4.69, 9.17) is 4.74 Å². The van der Waals surface area contributed by atoms with Crippen molar-refractivity contribution in [2.45, 2.75) is 46.3 Å². The monoisotopic (exact) mass is 216 g/mol. The Balaban J connectivity index is 4.43. The quantitative estimate of drug-likeness (QED) is 0.429. The highest BCUT2D eigenvalue weighted by molar-refractivity contribution is 5.82. The van der Waals surface area contributed by atoms with Gasteiger partial charge in [-0.2, -0.15) is 0 Å². The SMILES string of the molecule is C[C@H](/C(O)=C/C(=O)OC(C)(C)C)[C@@H](C)O. The maximum atomic E-state index is 11.3. The van der Waals surface area contributed by atoms with Crippen LogP contribution in [0.1, 0.15) is 34.6 Å². The molecule has 0 aliphatic carbocycles. The van der Waals surface area contributed by atoms with Gasteiger partial charge in [0.1, 0.15) is 11.4 Å². The largest absolute Gasteiger partial charge is 0.512 e. The molecular formula is C11H20O4. The molecule has 0 saturated carbocycles. The zero-order chi connectivity index (χ0) is 12.2. The molecule has 0 aliphatic rings. The van der Waals surface area contributed by atoms with E-state index in [-0.39, 0.29) is 5.76 Å². The van der Waals surface area contributed by atoms with E-state index in [9.17, 15) is 15.0 Å². The number of ether oxygens (including phenoxy) is 1. The normalized spacial score (nSPS) is 17.1. The second-order valence-corrected chi connectivity index (χ2v) is 4.63. The molecule has 15 heavy (non-hydrogen) atoms. The predicted molar refractivity (Wildman–Crippen MR) is 57.4 cm³/mol. The minimum atomic E-state index is -0.705. The van der Waals surface area contributed by atoms with Gasteiger partial charge >= 0.3 is 5.97 Å². The van der Waals surface area contributed by atoms with Gasteiger partial charge in [0, 0.05) is 5.92 Å². The van der Waals surface area contributed by atoms with Crippen molar-refractivity contribution in [1.82, 2.24) is 0 Å². The summed E-state index contributed by atoms with van der Waals surface area (Å²) in [7, 11) is 0. The molecule has 0 aromatic carbocycles. The van der Waals surface area contributed by atoms with Crippen molar-refractivity contribution in [1.29, 1.82) is 0 Å². The summed E-state index contributed by atoms with van der Waals surface area (Å²) in [5, 5.41) is 18.6. The van der Waals surface area contributed by atoms with Crippen molar-refractivity contribution in [3.63, 3.8) is 0 Å². The smallest absolute Gasteiger partial charge is 0.334 e. The number of aliphatic hydroxyl groups excluding tert-OH is 2. The molecule has 4 heteroatoms. The van der Waals surface area contributed by atoms with Gasteiger partial charge in [-0.1, -0.05) is 6.92 Å². The summed E-state index contributed by atoms with van der Waals surface area (Å²) >= 11 is 0. The van der Waals surface area contributed by atoms with Crippen LogP contribution in [0.5, 0.6) is 0 Å². The molecule has 88 valence electrons. The third kappa shape index (κ3) is 6.12. The van der Waals surface area contributed by atoms with E-state index >= 15 is 0 Å². The fourth-order valence-corrected chi connectivity index (χ4v) is 0.831. The van der Waals surface area contributed by atoms with E-state index in [1.54, 1.807) is 34.6 Å². The molecule has 0 unspecified atom stereocenters. The highest BCUT2D eigenvalue weighted by atomic mass is 16.6. The van der Waals surface area contributed by atoms with Gasteiger partial charge in [-0.15, -0.1) is 0 Å². The van der Waals surface area contributed by atoms with Crippen LogP contribution in [-0.2, 0) is 9.53 Å². The fourth-order valence-electron chi connectivity index (χ4n) is 0.831. The Morgan fingerprint density at radius 2 is 1.80 bits per heavy atom. The first kappa shape index (κ1) is 14.0. The highest BCUT2D eigenvalue weighted by Crippen LogP contribution is 2.13. The number of carbonyl (C=O) groups excluding carboxylic acids is 1. The van der Waals surface area contributed by atoms with Crippen molar-refractivity contribution >= 4 is 5.97 Å². The van der Waals surface area contributed by atoms with Gasteiger partial charge < -0.3 is 14.9 Å².